The summed E-state index contributed by atoms with van der Waals surface area (Å²) in [6.07, 6.45) is 0. The molecule has 0 saturated carbocycles. The number of hydrogen-bond acceptors (Lipinski definition) is 2. The third kappa shape index (κ3) is 2.23. The molecule has 0 bridgehead atoms. The maximum atomic E-state index is 12.2. The highest BCUT2D eigenvalue weighted by Gasteiger charge is 2.31. The van der Waals surface area contributed by atoms with Crippen molar-refractivity contribution in [2.75, 3.05) is 0 Å². The zero-order valence-electron chi connectivity index (χ0n) is 9.96. The number of benzene rings is 1. The van der Waals surface area contributed by atoms with E-state index in [-0.39, 0.29) is 0 Å². The van der Waals surface area contributed by atoms with Crippen LogP contribution in [0, 0.1) is 13.8 Å². The Morgan fingerprint density at radius 2 is 1.60 bits per heavy atom. The first-order valence-corrected chi connectivity index (χ1v) is 6.46. The summed E-state index contributed by atoms with van der Waals surface area (Å²) in [5.74, 6) is 0. The lowest BCUT2D eigenvalue weighted by Gasteiger charge is -2.20. The Morgan fingerprint density at radius 3 is 2.07 bits per heavy atom. The Bertz CT molecular complexity index is 465. The van der Waals surface area contributed by atoms with Crippen LogP contribution in [0.4, 0.5) is 0 Å². The van der Waals surface area contributed by atoms with Gasteiger partial charge in [-0.25, -0.2) is 8.42 Å². The van der Waals surface area contributed by atoms with E-state index in [4.69, 9.17) is 0 Å². The zero-order valence-corrected chi connectivity index (χ0v) is 10.8. The minimum atomic E-state index is -3.23. The average molecular weight is 226 g/mol. The molecule has 0 N–H and O–H groups in total. The van der Waals surface area contributed by atoms with Crippen molar-refractivity contribution >= 4 is 9.84 Å². The summed E-state index contributed by atoms with van der Waals surface area (Å²) >= 11 is 0. The van der Waals surface area contributed by atoms with Gasteiger partial charge in [0.2, 0.25) is 0 Å². The van der Waals surface area contributed by atoms with Crippen LogP contribution >= 0.6 is 0 Å². The fourth-order valence-electron chi connectivity index (χ4n) is 1.33. The van der Waals surface area contributed by atoms with E-state index < -0.39 is 14.6 Å². The first-order valence-electron chi connectivity index (χ1n) is 4.98. The van der Waals surface area contributed by atoms with Crippen LogP contribution in [0.15, 0.2) is 23.1 Å². The minimum Gasteiger partial charge on any atom is -0.223 e. The molecule has 0 aromatic heterocycles. The smallest absolute Gasteiger partial charge is 0.183 e. The van der Waals surface area contributed by atoms with E-state index in [9.17, 15) is 8.42 Å². The van der Waals surface area contributed by atoms with Crippen molar-refractivity contribution in [3.63, 3.8) is 0 Å². The highest BCUT2D eigenvalue weighted by Crippen LogP contribution is 2.27. The lowest BCUT2D eigenvalue weighted by Crippen LogP contribution is -2.28. The molecule has 0 spiro atoms. The number of sulfone groups is 1. The molecule has 0 aliphatic carbocycles. The van der Waals surface area contributed by atoms with Gasteiger partial charge in [0.15, 0.2) is 9.84 Å². The molecular formula is C12H18O2S. The van der Waals surface area contributed by atoms with Gasteiger partial charge >= 0.3 is 0 Å². The summed E-state index contributed by atoms with van der Waals surface area (Å²) in [4.78, 5) is 0.454. The first kappa shape index (κ1) is 12.2. The molecule has 0 radical (unpaired) electrons. The van der Waals surface area contributed by atoms with Crippen molar-refractivity contribution < 1.29 is 8.42 Å². The maximum Gasteiger partial charge on any atom is 0.183 e. The summed E-state index contributed by atoms with van der Waals surface area (Å²) in [7, 11) is -3.23. The molecule has 0 atom stereocenters. The van der Waals surface area contributed by atoms with E-state index in [0.29, 0.717) is 4.90 Å². The molecule has 0 aliphatic heterocycles. The molecule has 0 amide bonds. The van der Waals surface area contributed by atoms with Crippen LogP contribution in [0.25, 0.3) is 0 Å². The SMILES string of the molecule is Cc1ccc(C)c(S(=O)(=O)C(C)(C)C)c1. The van der Waals surface area contributed by atoms with E-state index in [1.807, 2.05) is 26.0 Å². The first-order chi connectivity index (χ1) is 6.66. The van der Waals surface area contributed by atoms with Crippen molar-refractivity contribution in [1.29, 1.82) is 0 Å². The third-order valence-electron chi connectivity index (χ3n) is 2.44. The molecule has 1 aromatic rings. The van der Waals surface area contributed by atoms with Gasteiger partial charge in [-0.2, -0.15) is 0 Å². The average Bonchev–Trinajstić information content (AvgIpc) is 2.07. The third-order valence-corrected chi connectivity index (χ3v) is 5.07. The van der Waals surface area contributed by atoms with Gasteiger partial charge in [-0.05, 0) is 51.8 Å². The second-order valence-corrected chi connectivity index (χ2v) is 7.56. The quantitative estimate of drug-likeness (QED) is 0.738. The van der Waals surface area contributed by atoms with Crippen LogP contribution < -0.4 is 0 Å². The zero-order chi connectivity index (χ0) is 11.9. The van der Waals surface area contributed by atoms with Gasteiger partial charge in [-0.3, -0.25) is 0 Å². The standard InChI is InChI=1S/C12H18O2S/c1-9-6-7-10(2)11(8-9)15(13,14)12(3,4)5/h6-8H,1-5H3. The molecule has 0 heterocycles. The van der Waals surface area contributed by atoms with Gasteiger partial charge in [0.1, 0.15) is 0 Å². The molecule has 0 aliphatic rings. The van der Waals surface area contributed by atoms with Crippen LogP contribution in [0.5, 0.6) is 0 Å². The fourth-order valence-corrected chi connectivity index (χ4v) is 2.82. The van der Waals surface area contributed by atoms with E-state index in [1.165, 1.54) is 0 Å². The Labute approximate surface area is 92.2 Å². The van der Waals surface area contributed by atoms with Crippen LogP contribution in [0.1, 0.15) is 31.9 Å². The lowest BCUT2D eigenvalue weighted by molar-refractivity contribution is 0.559. The molecule has 15 heavy (non-hydrogen) atoms. The van der Waals surface area contributed by atoms with Gasteiger partial charge in [0, 0.05) is 0 Å². The largest absolute Gasteiger partial charge is 0.223 e. The van der Waals surface area contributed by atoms with Crippen LogP contribution in [0.2, 0.25) is 0 Å². The van der Waals surface area contributed by atoms with E-state index >= 15 is 0 Å². The molecule has 0 saturated heterocycles. The van der Waals surface area contributed by atoms with E-state index in [0.717, 1.165) is 11.1 Å². The molecular weight excluding hydrogens is 208 g/mol. The van der Waals surface area contributed by atoms with Gasteiger partial charge < -0.3 is 0 Å². The second-order valence-electron chi connectivity index (χ2n) is 4.88. The number of aryl methyl sites for hydroxylation is 2. The van der Waals surface area contributed by atoms with Gasteiger partial charge in [0.05, 0.1) is 9.64 Å². The van der Waals surface area contributed by atoms with Crippen LogP contribution in [-0.4, -0.2) is 13.2 Å². The number of rotatable bonds is 1. The summed E-state index contributed by atoms with van der Waals surface area (Å²) in [6, 6.07) is 5.53. The summed E-state index contributed by atoms with van der Waals surface area (Å²) < 4.78 is 23.7. The highest BCUT2D eigenvalue weighted by atomic mass is 32.2. The van der Waals surface area contributed by atoms with Crippen molar-refractivity contribution in [2.24, 2.45) is 0 Å². The summed E-state index contributed by atoms with van der Waals surface area (Å²) in [5, 5.41) is 0. The Balaban J connectivity index is 3.47. The van der Waals surface area contributed by atoms with Crippen LogP contribution in [-0.2, 0) is 9.84 Å². The van der Waals surface area contributed by atoms with Gasteiger partial charge in [0.25, 0.3) is 0 Å². The molecule has 0 unspecified atom stereocenters. The summed E-state index contributed by atoms with van der Waals surface area (Å²) in [5.41, 5.74) is 1.79. The van der Waals surface area contributed by atoms with Crippen molar-refractivity contribution in [3.8, 4) is 0 Å². The molecule has 84 valence electrons. The van der Waals surface area contributed by atoms with E-state index in [2.05, 4.69) is 0 Å². The second kappa shape index (κ2) is 3.63. The Kier molecular flexibility index (Phi) is 2.97. The minimum absolute atomic E-state index is 0.454. The monoisotopic (exact) mass is 226 g/mol. The van der Waals surface area contributed by atoms with E-state index in [1.54, 1.807) is 26.8 Å². The molecule has 2 nitrogen and oxygen atoms in total. The lowest BCUT2D eigenvalue weighted by atomic mass is 10.2. The Morgan fingerprint density at radius 1 is 1.07 bits per heavy atom. The van der Waals surface area contributed by atoms with Gasteiger partial charge in [-0.1, -0.05) is 12.1 Å². The number of hydrogen-bond donors (Lipinski definition) is 0. The maximum absolute atomic E-state index is 12.2. The molecule has 3 heteroatoms. The topological polar surface area (TPSA) is 34.1 Å². The Hall–Kier alpha value is -0.830. The molecule has 1 aromatic carbocycles. The predicted octanol–water partition coefficient (Wildman–Crippen LogP) is 2.88. The van der Waals surface area contributed by atoms with Crippen LogP contribution in [0.3, 0.4) is 0 Å². The van der Waals surface area contributed by atoms with Crippen molar-refractivity contribution in [3.05, 3.63) is 29.3 Å². The molecule has 1 rings (SSSR count). The van der Waals surface area contributed by atoms with Gasteiger partial charge in [-0.15, -0.1) is 0 Å². The highest BCUT2D eigenvalue weighted by molar-refractivity contribution is 7.92. The van der Waals surface area contributed by atoms with Crippen molar-refractivity contribution in [1.82, 2.24) is 0 Å². The fraction of sp³-hybridized carbons (Fsp3) is 0.500. The predicted molar refractivity (Wildman–Crippen MR) is 62.9 cm³/mol. The molecule has 0 fully saturated rings. The summed E-state index contributed by atoms with van der Waals surface area (Å²) in [6.45, 7) is 8.91. The normalized spacial score (nSPS) is 12.9. The van der Waals surface area contributed by atoms with Crippen molar-refractivity contribution in [2.45, 2.75) is 44.3 Å².